The van der Waals surface area contributed by atoms with Crippen LogP contribution >= 0.6 is 34.5 Å². The number of ether oxygens (including phenoxy) is 1. The van der Waals surface area contributed by atoms with Gasteiger partial charge in [0.05, 0.1) is 22.8 Å². The number of nitrogens with zero attached hydrogens (tertiary/aromatic N) is 3. The smallest absolute Gasteiger partial charge is 0.325 e. The summed E-state index contributed by atoms with van der Waals surface area (Å²) in [6, 6.07) is 14.3. The van der Waals surface area contributed by atoms with Crippen LogP contribution < -0.4 is 4.90 Å². The molecule has 0 bridgehead atoms. The number of carbonyl (C=O) groups is 1. The lowest BCUT2D eigenvalue weighted by Gasteiger charge is -2.42. The first-order valence-corrected chi connectivity index (χ1v) is 13.1. The number of carbonyl (C=O) groups excluding carboxylic acids is 1. The molecule has 6 nitrogen and oxygen atoms in total. The number of benzene rings is 2. The summed E-state index contributed by atoms with van der Waals surface area (Å²) in [5.74, 6) is 0.0684. The number of rotatable bonds is 7. The number of piperazine rings is 1. The number of halogens is 2. The fraction of sp³-hybridized carbons (Fsp3) is 0.385. The van der Waals surface area contributed by atoms with Gasteiger partial charge in [0.1, 0.15) is 12.3 Å². The predicted octanol–water partition coefficient (Wildman–Crippen LogP) is 5.67. The van der Waals surface area contributed by atoms with E-state index in [1.807, 2.05) is 42.5 Å². The molecule has 2 atom stereocenters. The van der Waals surface area contributed by atoms with E-state index in [2.05, 4.69) is 18.7 Å². The molecule has 2 aromatic carbocycles. The number of anilines is 1. The highest BCUT2D eigenvalue weighted by molar-refractivity contribution is 7.16. The maximum atomic E-state index is 12.8. The minimum Gasteiger partial charge on any atom is -0.468 e. The number of methoxy groups -OCH3 is 1. The third kappa shape index (κ3) is 5.81. The van der Waals surface area contributed by atoms with Gasteiger partial charge in [-0.2, -0.15) is 0 Å². The van der Waals surface area contributed by atoms with Gasteiger partial charge in [0.15, 0.2) is 5.13 Å². The van der Waals surface area contributed by atoms with Crippen LogP contribution in [-0.2, 0) is 16.0 Å². The Balaban J connectivity index is 1.64. The summed E-state index contributed by atoms with van der Waals surface area (Å²) in [5.41, 5.74) is 2.55. The van der Waals surface area contributed by atoms with Crippen molar-refractivity contribution in [1.82, 2.24) is 9.88 Å². The Morgan fingerprint density at radius 3 is 2.57 bits per heavy atom. The normalized spacial score (nSPS) is 17.6. The van der Waals surface area contributed by atoms with Crippen molar-refractivity contribution >= 4 is 45.6 Å². The van der Waals surface area contributed by atoms with E-state index in [0.29, 0.717) is 35.6 Å². The molecule has 35 heavy (non-hydrogen) atoms. The summed E-state index contributed by atoms with van der Waals surface area (Å²) in [5, 5.41) is 12.9. The van der Waals surface area contributed by atoms with Gasteiger partial charge < -0.3 is 14.7 Å². The Kier molecular flexibility index (Phi) is 8.34. The van der Waals surface area contributed by atoms with Crippen LogP contribution in [0.25, 0.3) is 11.3 Å². The molecule has 0 aliphatic carbocycles. The number of aromatic nitrogens is 1. The molecule has 2 heterocycles. The van der Waals surface area contributed by atoms with Gasteiger partial charge in [-0.3, -0.25) is 9.69 Å². The third-order valence-electron chi connectivity index (χ3n) is 6.05. The van der Waals surface area contributed by atoms with Gasteiger partial charge in [-0.15, -0.1) is 11.3 Å². The molecule has 1 fully saturated rings. The summed E-state index contributed by atoms with van der Waals surface area (Å²) < 4.78 is 5.10. The Labute approximate surface area is 220 Å². The van der Waals surface area contributed by atoms with Crippen LogP contribution in [0.4, 0.5) is 5.13 Å². The Morgan fingerprint density at radius 1 is 1.17 bits per heavy atom. The molecule has 1 aliphatic rings. The van der Waals surface area contributed by atoms with Gasteiger partial charge in [0, 0.05) is 30.1 Å². The molecule has 1 saturated heterocycles. The number of hydrogen-bond acceptors (Lipinski definition) is 7. The van der Waals surface area contributed by atoms with Gasteiger partial charge in [-0.05, 0) is 30.0 Å². The lowest BCUT2D eigenvalue weighted by molar-refractivity contribution is -0.153. The zero-order valence-electron chi connectivity index (χ0n) is 19.9. The van der Waals surface area contributed by atoms with E-state index < -0.39 is 12.3 Å². The standard InChI is InChI=1S/C26H29Cl2N3O3S/c1-16(2)13-22-23(18-9-10-19(27)20(28)14-18)29-26(35-22)30-11-12-31(21(15-30)25(33)34-3)24(32)17-7-5-4-6-8-17/h4-10,14,16,21,24,32H,11-13,15H2,1-3H3. The monoisotopic (exact) mass is 533 g/mol. The van der Waals surface area contributed by atoms with Crippen LogP contribution in [0.15, 0.2) is 48.5 Å². The molecule has 2 unspecified atom stereocenters. The van der Waals surface area contributed by atoms with Gasteiger partial charge in [-0.1, -0.05) is 73.4 Å². The number of aliphatic hydroxyl groups excluding tert-OH is 1. The Hall–Kier alpha value is -2.16. The van der Waals surface area contributed by atoms with Gasteiger partial charge in [-0.25, -0.2) is 4.98 Å². The van der Waals surface area contributed by atoms with Crippen molar-refractivity contribution in [2.45, 2.75) is 32.5 Å². The molecule has 0 spiro atoms. The number of hydrogen-bond donors (Lipinski definition) is 1. The fourth-order valence-electron chi connectivity index (χ4n) is 4.28. The van der Waals surface area contributed by atoms with Crippen LogP contribution in [0.2, 0.25) is 10.0 Å². The van der Waals surface area contributed by atoms with Gasteiger partial charge >= 0.3 is 5.97 Å². The van der Waals surface area contributed by atoms with Crippen molar-refractivity contribution in [3.05, 3.63) is 69.0 Å². The second kappa shape index (κ2) is 11.3. The van der Waals surface area contributed by atoms with Crippen molar-refractivity contribution in [3.8, 4) is 11.3 Å². The number of esters is 1. The minimum absolute atomic E-state index is 0.367. The summed E-state index contributed by atoms with van der Waals surface area (Å²) >= 11 is 14.1. The zero-order chi connectivity index (χ0) is 25.1. The molecule has 1 N–H and O–H groups in total. The van der Waals surface area contributed by atoms with E-state index >= 15 is 0 Å². The van der Waals surface area contributed by atoms with E-state index in [9.17, 15) is 9.90 Å². The van der Waals surface area contributed by atoms with Crippen molar-refractivity contribution in [2.75, 3.05) is 31.6 Å². The first kappa shape index (κ1) is 25.9. The summed E-state index contributed by atoms with van der Waals surface area (Å²) in [6.07, 6.45) is -0.0256. The van der Waals surface area contributed by atoms with Crippen molar-refractivity contribution in [2.24, 2.45) is 5.92 Å². The highest BCUT2D eigenvalue weighted by Crippen LogP contribution is 2.38. The van der Waals surface area contributed by atoms with E-state index in [-0.39, 0.29) is 5.97 Å². The van der Waals surface area contributed by atoms with Crippen LogP contribution in [0.5, 0.6) is 0 Å². The lowest BCUT2D eigenvalue weighted by Crippen LogP contribution is -2.57. The zero-order valence-corrected chi connectivity index (χ0v) is 22.3. The highest BCUT2D eigenvalue weighted by atomic mass is 35.5. The maximum absolute atomic E-state index is 12.8. The van der Waals surface area contributed by atoms with Gasteiger partial charge in [0.25, 0.3) is 0 Å². The molecule has 4 rings (SSSR count). The largest absolute Gasteiger partial charge is 0.468 e. The second-order valence-corrected chi connectivity index (χ2v) is 10.9. The first-order valence-electron chi connectivity index (χ1n) is 11.5. The first-order chi connectivity index (χ1) is 16.8. The molecular formula is C26H29Cl2N3O3S. The second-order valence-electron chi connectivity index (χ2n) is 9.00. The predicted molar refractivity (Wildman–Crippen MR) is 142 cm³/mol. The summed E-state index contributed by atoms with van der Waals surface area (Å²) in [7, 11) is 1.38. The van der Waals surface area contributed by atoms with E-state index in [1.165, 1.54) is 7.11 Å². The maximum Gasteiger partial charge on any atom is 0.325 e. The summed E-state index contributed by atoms with van der Waals surface area (Å²) in [6.45, 7) is 5.82. The molecule has 0 saturated carbocycles. The third-order valence-corrected chi connectivity index (χ3v) is 7.93. The Morgan fingerprint density at radius 2 is 1.91 bits per heavy atom. The van der Waals surface area contributed by atoms with E-state index in [1.54, 1.807) is 22.3 Å². The molecule has 3 aromatic rings. The highest BCUT2D eigenvalue weighted by Gasteiger charge is 2.38. The van der Waals surface area contributed by atoms with E-state index in [4.69, 9.17) is 32.9 Å². The average Bonchev–Trinajstić information content (AvgIpc) is 3.28. The molecule has 1 aromatic heterocycles. The molecule has 186 valence electrons. The topological polar surface area (TPSA) is 65.9 Å². The summed E-state index contributed by atoms with van der Waals surface area (Å²) in [4.78, 5) is 22.8. The van der Waals surface area contributed by atoms with Crippen molar-refractivity contribution in [1.29, 1.82) is 0 Å². The lowest BCUT2D eigenvalue weighted by atomic mass is 10.0. The number of aliphatic hydroxyl groups is 1. The van der Waals surface area contributed by atoms with Gasteiger partial charge in [0.2, 0.25) is 0 Å². The molecule has 0 amide bonds. The Bertz CT molecular complexity index is 1170. The van der Waals surface area contributed by atoms with Crippen LogP contribution in [0, 0.1) is 5.92 Å². The van der Waals surface area contributed by atoms with Crippen molar-refractivity contribution in [3.63, 3.8) is 0 Å². The number of thiazole rings is 1. The molecular weight excluding hydrogens is 505 g/mol. The fourth-order valence-corrected chi connectivity index (χ4v) is 5.91. The van der Waals surface area contributed by atoms with E-state index in [0.717, 1.165) is 33.3 Å². The van der Waals surface area contributed by atoms with Crippen LogP contribution in [0.1, 0.15) is 30.5 Å². The van der Waals surface area contributed by atoms with Crippen LogP contribution in [-0.4, -0.2) is 53.7 Å². The molecule has 0 radical (unpaired) electrons. The SMILES string of the molecule is COC(=O)C1CN(c2nc(-c3ccc(Cl)c(Cl)c3)c(CC(C)C)s2)CCN1C(O)c1ccccc1. The quantitative estimate of drug-likeness (QED) is 0.394. The minimum atomic E-state index is -0.901. The van der Waals surface area contributed by atoms with Crippen molar-refractivity contribution < 1.29 is 14.6 Å². The molecule has 1 aliphatic heterocycles. The average molecular weight is 535 g/mol. The molecule has 9 heteroatoms. The van der Waals surface area contributed by atoms with Crippen LogP contribution in [0.3, 0.4) is 0 Å².